The Labute approximate surface area is 161 Å². The Bertz CT molecular complexity index is 928. The van der Waals surface area contributed by atoms with Crippen LogP contribution in [0.5, 0.6) is 0 Å². The molecule has 0 atom stereocenters. The Morgan fingerprint density at radius 3 is 2.61 bits per heavy atom. The zero-order chi connectivity index (χ0) is 19.7. The molecule has 1 fully saturated rings. The van der Waals surface area contributed by atoms with Gasteiger partial charge in [-0.25, -0.2) is 4.39 Å². The van der Waals surface area contributed by atoms with E-state index < -0.39 is 4.92 Å². The molecule has 2 aliphatic rings. The number of hydrogen-bond acceptors (Lipinski definition) is 5. The molecule has 0 spiro atoms. The lowest BCUT2D eigenvalue weighted by molar-refractivity contribution is -0.384. The number of ether oxygens (including phenoxy) is 1. The Morgan fingerprint density at radius 1 is 1.07 bits per heavy atom. The molecule has 2 aromatic carbocycles. The van der Waals surface area contributed by atoms with Gasteiger partial charge >= 0.3 is 0 Å². The topological polar surface area (TPSA) is 75.9 Å². The number of nitrogens with zero attached hydrogens (tertiary/aromatic N) is 3. The number of nitro groups is 1. The van der Waals surface area contributed by atoms with Crippen molar-refractivity contribution < 1.29 is 18.8 Å². The highest BCUT2D eigenvalue weighted by molar-refractivity contribution is 5.96. The van der Waals surface area contributed by atoms with Crippen molar-refractivity contribution in [2.75, 3.05) is 37.7 Å². The molecule has 1 amide bonds. The number of hydrogen-bond donors (Lipinski definition) is 0. The van der Waals surface area contributed by atoms with Crippen molar-refractivity contribution in [3.05, 3.63) is 69.0 Å². The van der Waals surface area contributed by atoms with Crippen LogP contribution in [0.4, 0.5) is 15.8 Å². The SMILES string of the molecule is O=C(c1ccc(N2CCc3cc(F)ccc3C2)c([N+](=O)[O-])c1)N1CCOCC1. The van der Waals surface area contributed by atoms with E-state index in [9.17, 15) is 19.3 Å². The fourth-order valence-corrected chi connectivity index (χ4v) is 3.75. The van der Waals surface area contributed by atoms with Crippen LogP contribution in [0.15, 0.2) is 36.4 Å². The molecule has 7 nitrogen and oxygen atoms in total. The van der Waals surface area contributed by atoms with Crippen LogP contribution in [0.1, 0.15) is 21.5 Å². The number of rotatable bonds is 3. The summed E-state index contributed by atoms with van der Waals surface area (Å²) < 4.78 is 18.7. The highest BCUT2D eigenvalue weighted by Crippen LogP contribution is 2.33. The number of anilines is 1. The monoisotopic (exact) mass is 385 g/mol. The molecule has 2 aliphatic heterocycles. The van der Waals surface area contributed by atoms with Gasteiger partial charge in [0.25, 0.3) is 11.6 Å². The average molecular weight is 385 g/mol. The first-order valence-electron chi connectivity index (χ1n) is 9.20. The largest absolute Gasteiger partial charge is 0.378 e. The number of morpholine rings is 1. The molecule has 0 radical (unpaired) electrons. The minimum Gasteiger partial charge on any atom is -0.378 e. The van der Waals surface area contributed by atoms with Crippen LogP contribution in [-0.2, 0) is 17.7 Å². The quantitative estimate of drug-likeness (QED) is 0.600. The predicted octanol–water partition coefficient (Wildman–Crippen LogP) is 2.77. The molecule has 28 heavy (non-hydrogen) atoms. The van der Waals surface area contributed by atoms with Gasteiger partial charge in [0.05, 0.1) is 18.1 Å². The Balaban J connectivity index is 1.61. The third-order valence-corrected chi connectivity index (χ3v) is 5.24. The number of halogens is 1. The zero-order valence-electron chi connectivity index (χ0n) is 15.3. The first-order chi connectivity index (χ1) is 13.5. The third kappa shape index (κ3) is 3.55. The fourth-order valence-electron chi connectivity index (χ4n) is 3.75. The van der Waals surface area contributed by atoms with Crippen molar-refractivity contribution in [2.45, 2.75) is 13.0 Å². The van der Waals surface area contributed by atoms with Gasteiger partial charge in [0.15, 0.2) is 0 Å². The first-order valence-corrected chi connectivity index (χ1v) is 9.20. The summed E-state index contributed by atoms with van der Waals surface area (Å²) in [5, 5.41) is 11.7. The Hall–Kier alpha value is -3.00. The summed E-state index contributed by atoms with van der Waals surface area (Å²) in [4.78, 5) is 27.4. The van der Waals surface area contributed by atoms with E-state index in [1.54, 1.807) is 23.1 Å². The molecule has 0 bridgehead atoms. The molecule has 0 aromatic heterocycles. The highest BCUT2D eigenvalue weighted by atomic mass is 19.1. The number of fused-ring (bicyclic) bond motifs is 1. The summed E-state index contributed by atoms with van der Waals surface area (Å²) in [7, 11) is 0. The van der Waals surface area contributed by atoms with Crippen LogP contribution in [0.3, 0.4) is 0 Å². The van der Waals surface area contributed by atoms with Crippen LogP contribution < -0.4 is 4.90 Å². The molecular weight excluding hydrogens is 365 g/mol. The van der Waals surface area contributed by atoms with Gasteiger partial charge in [-0.05, 0) is 41.8 Å². The lowest BCUT2D eigenvalue weighted by atomic mass is 9.98. The molecule has 0 saturated carbocycles. The summed E-state index contributed by atoms with van der Waals surface area (Å²) in [5.41, 5.74) is 2.56. The van der Waals surface area contributed by atoms with E-state index in [2.05, 4.69) is 0 Å². The van der Waals surface area contributed by atoms with Gasteiger partial charge in [0.2, 0.25) is 0 Å². The molecule has 8 heteroatoms. The fraction of sp³-hybridized carbons (Fsp3) is 0.350. The number of benzene rings is 2. The summed E-state index contributed by atoms with van der Waals surface area (Å²) in [6.07, 6.45) is 0.610. The predicted molar refractivity (Wildman–Crippen MR) is 101 cm³/mol. The van der Waals surface area contributed by atoms with Crippen molar-refractivity contribution in [2.24, 2.45) is 0 Å². The standard InChI is InChI=1S/C20H20FN3O4/c21-17-3-1-16-13-23(6-5-14(16)11-17)18-4-2-15(12-19(18)24(26)27)20(25)22-7-9-28-10-8-22/h1-4,11-12H,5-10,13H2. The van der Waals surface area contributed by atoms with Crippen LogP contribution in [-0.4, -0.2) is 48.6 Å². The molecule has 0 N–H and O–H groups in total. The number of carbonyl (C=O) groups is 1. The molecule has 2 aromatic rings. The van der Waals surface area contributed by atoms with Gasteiger partial charge in [-0.3, -0.25) is 14.9 Å². The maximum absolute atomic E-state index is 13.4. The van der Waals surface area contributed by atoms with E-state index in [1.165, 1.54) is 18.2 Å². The number of nitro benzene ring substituents is 1. The summed E-state index contributed by atoms with van der Waals surface area (Å²) in [6, 6.07) is 9.28. The summed E-state index contributed by atoms with van der Waals surface area (Å²) in [6.45, 7) is 2.92. The molecule has 2 heterocycles. The van der Waals surface area contributed by atoms with Crippen molar-refractivity contribution in [3.63, 3.8) is 0 Å². The second-order valence-corrected chi connectivity index (χ2v) is 6.95. The second-order valence-electron chi connectivity index (χ2n) is 6.95. The lowest BCUT2D eigenvalue weighted by Crippen LogP contribution is -2.40. The van der Waals surface area contributed by atoms with E-state index in [4.69, 9.17) is 4.74 Å². The van der Waals surface area contributed by atoms with E-state index in [0.717, 1.165) is 11.1 Å². The molecular formula is C20H20FN3O4. The van der Waals surface area contributed by atoms with Crippen LogP contribution >= 0.6 is 0 Å². The highest BCUT2D eigenvalue weighted by Gasteiger charge is 2.27. The maximum Gasteiger partial charge on any atom is 0.293 e. The normalized spacial score (nSPS) is 16.6. The first kappa shape index (κ1) is 18.4. The van der Waals surface area contributed by atoms with Gasteiger partial charge < -0.3 is 14.5 Å². The lowest BCUT2D eigenvalue weighted by Gasteiger charge is -2.31. The Kier molecular flexibility index (Phi) is 4.95. The number of carbonyl (C=O) groups excluding carboxylic acids is 1. The van der Waals surface area contributed by atoms with Gasteiger partial charge in [-0.15, -0.1) is 0 Å². The van der Waals surface area contributed by atoms with Crippen molar-refractivity contribution in [1.82, 2.24) is 4.90 Å². The van der Waals surface area contributed by atoms with Crippen molar-refractivity contribution in [3.8, 4) is 0 Å². The zero-order valence-corrected chi connectivity index (χ0v) is 15.3. The average Bonchev–Trinajstić information content (AvgIpc) is 2.73. The van der Waals surface area contributed by atoms with Gasteiger partial charge in [0, 0.05) is 37.8 Å². The molecule has 0 aliphatic carbocycles. The molecule has 146 valence electrons. The smallest absolute Gasteiger partial charge is 0.293 e. The van der Waals surface area contributed by atoms with E-state index >= 15 is 0 Å². The minimum atomic E-state index is -0.453. The van der Waals surface area contributed by atoms with Crippen LogP contribution in [0, 0.1) is 15.9 Å². The van der Waals surface area contributed by atoms with Gasteiger partial charge in [-0.2, -0.15) is 0 Å². The minimum absolute atomic E-state index is 0.0929. The third-order valence-electron chi connectivity index (χ3n) is 5.24. The van der Waals surface area contributed by atoms with Crippen molar-refractivity contribution >= 4 is 17.3 Å². The second kappa shape index (κ2) is 7.55. The molecule has 4 rings (SSSR count). The van der Waals surface area contributed by atoms with Crippen molar-refractivity contribution in [1.29, 1.82) is 0 Å². The molecule has 1 saturated heterocycles. The maximum atomic E-state index is 13.4. The summed E-state index contributed by atoms with van der Waals surface area (Å²) >= 11 is 0. The van der Waals surface area contributed by atoms with Crippen LogP contribution in [0.2, 0.25) is 0 Å². The Morgan fingerprint density at radius 2 is 1.86 bits per heavy atom. The van der Waals surface area contributed by atoms with E-state index in [-0.39, 0.29) is 17.4 Å². The van der Waals surface area contributed by atoms with E-state index in [1.807, 2.05) is 4.90 Å². The number of amides is 1. The van der Waals surface area contributed by atoms with Gasteiger partial charge in [0.1, 0.15) is 11.5 Å². The van der Waals surface area contributed by atoms with Crippen LogP contribution in [0.25, 0.3) is 0 Å². The van der Waals surface area contributed by atoms with Gasteiger partial charge in [-0.1, -0.05) is 6.07 Å². The summed E-state index contributed by atoms with van der Waals surface area (Å²) in [5.74, 6) is -0.499. The van der Waals surface area contributed by atoms with E-state index in [0.29, 0.717) is 57.1 Å². The molecule has 0 unspecified atom stereocenters.